The summed E-state index contributed by atoms with van der Waals surface area (Å²) >= 11 is 0. The molecule has 1 aromatic carbocycles. The molecule has 4 nitrogen and oxygen atoms in total. The van der Waals surface area contributed by atoms with Crippen molar-refractivity contribution in [2.75, 3.05) is 19.3 Å². The minimum Gasteiger partial charge on any atom is -0.393 e. The first-order chi connectivity index (χ1) is 9.45. The van der Waals surface area contributed by atoms with Crippen molar-refractivity contribution < 1.29 is 13.5 Å². The smallest absolute Gasteiger partial charge is 0.211 e. The molecule has 1 saturated heterocycles. The van der Waals surface area contributed by atoms with E-state index in [0.29, 0.717) is 25.9 Å². The molecule has 20 heavy (non-hydrogen) atoms. The highest BCUT2D eigenvalue weighted by Crippen LogP contribution is 2.23. The zero-order chi connectivity index (χ0) is 14.6. The van der Waals surface area contributed by atoms with E-state index in [1.54, 1.807) is 0 Å². The zero-order valence-electron chi connectivity index (χ0n) is 11.9. The molecular weight excluding hydrogens is 274 g/mol. The highest BCUT2D eigenvalue weighted by molar-refractivity contribution is 7.88. The van der Waals surface area contributed by atoms with Crippen LogP contribution in [-0.4, -0.2) is 43.3 Å². The van der Waals surface area contributed by atoms with Gasteiger partial charge in [-0.05, 0) is 37.2 Å². The second-order valence-corrected chi connectivity index (χ2v) is 7.69. The summed E-state index contributed by atoms with van der Waals surface area (Å²) in [7, 11) is -3.10. The van der Waals surface area contributed by atoms with Crippen LogP contribution in [-0.2, 0) is 16.4 Å². The van der Waals surface area contributed by atoms with E-state index in [2.05, 4.69) is 0 Å². The van der Waals surface area contributed by atoms with Crippen molar-refractivity contribution >= 4 is 10.0 Å². The van der Waals surface area contributed by atoms with Crippen LogP contribution in [0.2, 0.25) is 0 Å². The van der Waals surface area contributed by atoms with E-state index >= 15 is 0 Å². The number of aliphatic hydroxyl groups is 1. The van der Waals surface area contributed by atoms with E-state index in [9.17, 15) is 13.5 Å². The molecule has 0 bridgehead atoms. The van der Waals surface area contributed by atoms with Gasteiger partial charge in [-0.25, -0.2) is 12.7 Å². The Morgan fingerprint density at radius 2 is 2.05 bits per heavy atom. The molecule has 1 heterocycles. The van der Waals surface area contributed by atoms with Crippen molar-refractivity contribution in [1.82, 2.24) is 4.31 Å². The van der Waals surface area contributed by atoms with E-state index in [4.69, 9.17) is 0 Å². The number of benzene rings is 1. The molecule has 2 unspecified atom stereocenters. The number of sulfonamides is 1. The molecule has 1 aliphatic heterocycles. The molecule has 2 atom stereocenters. The maximum absolute atomic E-state index is 11.6. The van der Waals surface area contributed by atoms with Gasteiger partial charge >= 0.3 is 0 Å². The summed E-state index contributed by atoms with van der Waals surface area (Å²) in [6.45, 7) is 1.16. The zero-order valence-corrected chi connectivity index (χ0v) is 12.7. The average molecular weight is 297 g/mol. The molecule has 0 radical (unpaired) electrons. The largest absolute Gasteiger partial charge is 0.393 e. The van der Waals surface area contributed by atoms with Gasteiger partial charge in [0, 0.05) is 13.1 Å². The molecular formula is C15H23NO3S. The first-order valence-electron chi connectivity index (χ1n) is 7.12. The van der Waals surface area contributed by atoms with E-state index in [0.717, 1.165) is 18.4 Å². The van der Waals surface area contributed by atoms with Crippen LogP contribution in [0.5, 0.6) is 0 Å². The van der Waals surface area contributed by atoms with E-state index < -0.39 is 16.1 Å². The lowest BCUT2D eigenvalue weighted by molar-refractivity contribution is 0.122. The maximum atomic E-state index is 11.6. The van der Waals surface area contributed by atoms with Crippen molar-refractivity contribution in [3.8, 4) is 0 Å². The third-order valence-electron chi connectivity index (χ3n) is 3.87. The fraction of sp³-hybridized carbons (Fsp3) is 0.600. The predicted molar refractivity (Wildman–Crippen MR) is 79.9 cm³/mol. The van der Waals surface area contributed by atoms with Gasteiger partial charge in [-0.1, -0.05) is 30.3 Å². The van der Waals surface area contributed by atoms with Crippen molar-refractivity contribution in [1.29, 1.82) is 0 Å². The first kappa shape index (κ1) is 15.5. The maximum Gasteiger partial charge on any atom is 0.211 e. The summed E-state index contributed by atoms with van der Waals surface area (Å²) in [5, 5.41) is 10.2. The molecule has 0 spiro atoms. The van der Waals surface area contributed by atoms with Crippen LogP contribution in [0.25, 0.3) is 0 Å². The number of piperidine rings is 1. The molecule has 0 amide bonds. The Labute approximate surface area is 121 Å². The normalized spacial score (nSPS) is 22.6. The minimum atomic E-state index is -3.10. The van der Waals surface area contributed by atoms with E-state index in [1.807, 2.05) is 30.3 Å². The van der Waals surface area contributed by atoms with Gasteiger partial charge in [-0.2, -0.15) is 0 Å². The Kier molecular flexibility index (Phi) is 5.18. The lowest BCUT2D eigenvalue weighted by Gasteiger charge is -2.32. The second-order valence-electron chi connectivity index (χ2n) is 5.71. The third-order valence-corrected chi connectivity index (χ3v) is 5.14. The van der Waals surface area contributed by atoms with E-state index in [1.165, 1.54) is 10.6 Å². The Hall–Kier alpha value is -0.910. The van der Waals surface area contributed by atoms with E-state index in [-0.39, 0.29) is 5.92 Å². The molecule has 5 heteroatoms. The van der Waals surface area contributed by atoms with Crippen LogP contribution < -0.4 is 0 Å². The summed E-state index contributed by atoms with van der Waals surface area (Å²) in [6.07, 6.45) is 4.04. The molecule has 1 aromatic rings. The van der Waals surface area contributed by atoms with Gasteiger partial charge in [0.1, 0.15) is 0 Å². The highest BCUT2D eigenvalue weighted by Gasteiger charge is 2.27. The van der Waals surface area contributed by atoms with Crippen LogP contribution in [0.1, 0.15) is 24.8 Å². The van der Waals surface area contributed by atoms with Crippen LogP contribution in [0.3, 0.4) is 0 Å². The van der Waals surface area contributed by atoms with Gasteiger partial charge in [0.25, 0.3) is 0 Å². The summed E-state index contributed by atoms with van der Waals surface area (Å²) in [6, 6.07) is 9.91. The van der Waals surface area contributed by atoms with Gasteiger partial charge in [0.15, 0.2) is 0 Å². The summed E-state index contributed by atoms with van der Waals surface area (Å²) in [5.74, 6) is 0.261. The molecule has 1 N–H and O–H groups in total. The SMILES string of the molecule is CS(=O)(=O)N1CCCC(CC(O)Cc2ccccc2)C1. The highest BCUT2D eigenvalue weighted by atomic mass is 32.2. The molecule has 112 valence electrons. The quantitative estimate of drug-likeness (QED) is 0.899. The van der Waals surface area contributed by atoms with Gasteiger partial charge in [-0.15, -0.1) is 0 Å². The number of aliphatic hydroxyl groups excluding tert-OH is 1. The first-order valence-corrected chi connectivity index (χ1v) is 8.97. The average Bonchev–Trinajstić information content (AvgIpc) is 2.39. The second kappa shape index (κ2) is 6.70. The van der Waals surface area contributed by atoms with Gasteiger partial charge < -0.3 is 5.11 Å². The van der Waals surface area contributed by atoms with Crippen molar-refractivity contribution in [2.45, 2.75) is 31.8 Å². The van der Waals surface area contributed by atoms with Gasteiger partial charge in [-0.3, -0.25) is 0 Å². The number of hydrogen-bond donors (Lipinski definition) is 1. The molecule has 0 aromatic heterocycles. The van der Waals surface area contributed by atoms with Crippen molar-refractivity contribution in [3.05, 3.63) is 35.9 Å². The Morgan fingerprint density at radius 3 is 2.70 bits per heavy atom. The lowest BCUT2D eigenvalue weighted by Crippen LogP contribution is -2.40. The minimum absolute atomic E-state index is 0.261. The fourth-order valence-corrected chi connectivity index (χ4v) is 3.82. The third kappa shape index (κ3) is 4.58. The lowest BCUT2D eigenvalue weighted by atomic mass is 9.91. The van der Waals surface area contributed by atoms with Crippen LogP contribution >= 0.6 is 0 Å². The Bertz CT molecular complexity index is 515. The number of rotatable bonds is 5. The molecule has 0 saturated carbocycles. The molecule has 1 fully saturated rings. The monoisotopic (exact) mass is 297 g/mol. The summed E-state index contributed by atoms with van der Waals surface area (Å²) in [5.41, 5.74) is 1.12. The van der Waals surface area contributed by atoms with Gasteiger partial charge in [0.2, 0.25) is 10.0 Å². The summed E-state index contributed by atoms with van der Waals surface area (Å²) < 4.78 is 24.7. The topological polar surface area (TPSA) is 57.6 Å². The van der Waals surface area contributed by atoms with Crippen LogP contribution in [0.15, 0.2) is 30.3 Å². The fourth-order valence-electron chi connectivity index (χ4n) is 2.87. The van der Waals surface area contributed by atoms with Gasteiger partial charge in [0.05, 0.1) is 12.4 Å². The van der Waals surface area contributed by atoms with Crippen molar-refractivity contribution in [2.24, 2.45) is 5.92 Å². The van der Waals surface area contributed by atoms with Crippen molar-refractivity contribution in [3.63, 3.8) is 0 Å². The Morgan fingerprint density at radius 1 is 1.35 bits per heavy atom. The summed E-state index contributed by atoms with van der Waals surface area (Å²) in [4.78, 5) is 0. The predicted octanol–water partition coefficient (Wildman–Crippen LogP) is 1.65. The number of hydrogen-bond acceptors (Lipinski definition) is 3. The molecule has 0 aliphatic carbocycles. The molecule has 1 aliphatic rings. The number of nitrogens with zero attached hydrogens (tertiary/aromatic N) is 1. The Balaban J connectivity index is 1.86. The van der Waals surface area contributed by atoms with Crippen LogP contribution in [0.4, 0.5) is 0 Å². The van der Waals surface area contributed by atoms with Crippen LogP contribution in [0, 0.1) is 5.92 Å². The molecule has 2 rings (SSSR count). The standard InChI is InChI=1S/C15H23NO3S/c1-20(18,19)16-9-5-8-14(12-16)11-15(17)10-13-6-3-2-4-7-13/h2-4,6-7,14-15,17H,5,8-12H2,1H3.